The van der Waals surface area contributed by atoms with Gasteiger partial charge < -0.3 is 16.8 Å². The zero-order valence-corrected chi connectivity index (χ0v) is 13.0. The topological polar surface area (TPSA) is 115 Å². The molecule has 3 unspecified atom stereocenters. The molecule has 1 fully saturated rings. The Hall–Kier alpha value is -1.18. The molecule has 7 heteroatoms. The molecule has 2 aliphatic carbocycles. The van der Waals surface area contributed by atoms with Crippen LogP contribution in [0.4, 0.5) is 0 Å². The van der Waals surface area contributed by atoms with Crippen LogP contribution >= 0.6 is 0 Å². The number of amides is 1. The van der Waals surface area contributed by atoms with E-state index in [-0.39, 0.29) is 28.8 Å². The van der Waals surface area contributed by atoms with Crippen LogP contribution in [0.1, 0.15) is 32.1 Å². The first-order valence-corrected chi connectivity index (χ1v) is 9.09. The van der Waals surface area contributed by atoms with Crippen molar-refractivity contribution in [2.45, 2.75) is 44.2 Å². The standard InChI is InChI=1S/C14H23N3O3S/c1-21(19,20)11-4-2-3-10(8-11)17-14(18)9-5-6-12(15)13(16)7-9/h4,8-9,12-13H,2-3,5-7,15-16H2,1H3,(H,17,18). The summed E-state index contributed by atoms with van der Waals surface area (Å²) in [5.41, 5.74) is 12.4. The molecule has 2 aliphatic rings. The average Bonchev–Trinajstić information content (AvgIpc) is 2.41. The fourth-order valence-corrected chi connectivity index (χ4v) is 3.53. The maximum absolute atomic E-state index is 12.3. The van der Waals surface area contributed by atoms with Gasteiger partial charge >= 0.3 is 0 Å². The van der Waals surface area contributed by atoms with E-state index >= 15 is 0 Å². The minimum atomic E-state index is -3.24. The molecule has 0 aliphatic heterocycles. The van der Waals surface area contributed by atoms with Gasteiger partial charge in [-0.05, 0) is 38.2 Å². The molecule has 118 valence electrons. The second-order valence-electron chi connectivity index (χ2n) is 5.91. The fourth-order valence-electron chi connectivity index (χ4n) is 2.76. The maximum Gasteiger partial charge on any atom is 0.227 e. The normalized spacial score (nSPS) is 30.3. The Bertz CT molecular complexity index is 580. The lowest BCUT2D eigenvalue weighted by Gasteiger charge is -2.31. The number of hydrogen-bond donors (Lipinski definition) is 3. The van der Waals surface area contributed by atoms with Gasteiger partial charge in [0.05, 0.1) is 4.91 Å². The van der Waals surface area contributed by atoms with Crippen LogP contribution in [0, 0.1) is 5.92 Å². The molecule has 2 rings (SSSR count). The zero-order chi connectivity index (χ0) is 15.6. The van der Waals surface area contributed by atoms with Gasteiger partial charge in [0.15, 0.2) is 9.84 Å². The first-order chi connectivity index (χ1) is 9.77. The Morgan fingerprint density at radius 2 is 2.00 bits per heavy atom. The van der Waals surface area contributed by atoms with E-state index in [2.05, 4.69) is 5.32 Å². The van der Waals surface area contributed by atoms with Gasteiger partial charge in [0.25, 0.3) is 0 Å². The highest BCUT2D eigenvalue weighted by molar-refractivity contribution is 7.94. The number of carbonyl (C=O) groups excluding carboxylic acids is 1. The van der Waals surface area contributed by atoms with Gasteiger partial charge in [-0.1, -0.05) is 6.08 Å². The number of nitrogens with two attached hydrogens (primary N) is 2. The van der Waals surface area contributed by atoms with Crippen molar-refractivity contribution in [1.82, 2.24) is 5.32 Å². The summed E-state index contributed by atoms with van der Waals surface area (Å²) in [5, 5.41) is 2.85. The number of rotatable bonds is 3. The summed E-state index contributed by atoms with van der Waals surface area (Å²) in [6.45, 7) is 0. The summed E-state index contributed by atoms with van der Waals surface area (Å²) in [4.78, 5) is 12.5. The minimum absolute atomic E-state index is 0.0392. The van der Waals surface area contributed by atoms with Gasteiger partial charge in [-0.25, -0.2) is 8.42 Å². The highest BCUT2D eigenvalue weighted by Crippen LogP contribution is 2.24. The van der Waals surface area contributed by atoms with Crippen LogP contribution < -0.4 is 16.8 Å². The molecule has 0 aromatic carbocycles. The Kier molecular flexibility index (Phi) is 4.85. The van der Waals surface area contributed by atoms with E-state index in [4.69, 9.17) is 11.5 Å². The van der Waals surface area contributed by atoms with Crippen LogP contribution in [0.25, 0.3) is 0 Å². The second kappa shape index (κ2) is 6.29. The quantitative estimate of drug-likeness (QED) is 0.686. The third-order valence-electron chi connectivity index (χ3n) is 4.11. The molecule has 0 heterocycles. The molecule has 0 bridgehead atoms. The van der Waals surface area contributed by atoms with Crippen molar-refractivity contribution >= 4 is 15.7 Å². The van der Waals surface area contributed by atoms with E-state index in [0.29, 0.717) is 25.0 Å². The number of carbonyl (C=O) groups is 1. The minimum Gasteiger partial charge on any atom is -0.329 e. The molecule has 0 aromatic heterocycles. The lowest BCUT2D eigenvalue weighted by Crippen LogP contribution is -2.48. The Labute approximate surface area is 125 Å². The first kappa shape index (κ1) is 16.2. The van der Waals surface area contributed by atoms with Gasteiger partial charge in [-0.15, -0.1) is 0 Å². The third-order valence-corrected chi connectivity index (χ3v) is 5.25. The van der Waals surface area contributed by atoms with Crippen LogP contribution in [-0.4, -0.2) is 32.7 Å². The molecule has 21 heavy (non-hydrogen) atoms. The molecule has 5 N–H and O–H groups in total. The predicted octanol–water partition coefficient (Wildman–Crippen LogP) is 0.164. The summed E-state index contributed by atoms with van der Waals surface area (Å²) in [6.07, 6.45) is 7.70. The van der Waals surface area contributed by atoms with Gasteiger partial charge in [0.1, 0.15) is 0 Å². The molecular formula is C14H23N3O3S. The molecule has 0 radical (unpaired) electrons. The van der Waals surface area contributed by atoms with Crippen LogP contribution in [-0.2, 0) is 14.6 Å². The summed E-state index contributed by atoms with van der Waals surface area (Å²) >= 11 is 0. The van der Waals surface area contributed by atoms with Crippen LogP contribution in [0.3, 0.4) is 0 Å². The highest BCUT2D eigenvalue weighted by atomic mass is 32.2. The Morgan fingerprint density at radius 3 is 2.62 bits per heavy atom. The molecule has 1 saturated carbocycles. The number of hydrogen-bond acceptors (Lipinski definition) is 5. The Morgan fingerprint density at radius 1 is 1.29 bits per heavy atom. The van der Waals surface area contributed by atoms with Crippen molar-refractivity contribution in [1.29, 1.82) is 0 Å². The van der Waals surface area contributed by atoms with Crippen molar-refractivity contribution < 1.29 is 13.2 Å². The summed E-state index contributed by atoms with van der Waals surface area (Å²) in [5.74, 6) is -0.230. The zero-order valence-electron chi connectivity index (χ0n) is 12.2. The van der Waals surface area contributed by atoms with Gasteiger partial charge in [-0.3, -0.25) is 4.79 Å². The van der Waals surface area contributed by atoms with Gasteiger partial charge in [0.2, 0.25) is 5.91 Å². The van der Waals surface area contributed by atoms with Crippen molar-refractivity contribution in [3.8, 4) is 0 Å². The number of nitrogens with one attached hydrogen (secondary N) is 1. The van der Waals surface area contributed by atoms with Crippen molar-refractivity contribution in [2.24, 2.45) is 17.4 Å². The van der Waals surface area contributed by atoms with Gasteiger partial charge in [-0.2, -0.15) is 0 Å². The van der Waals surface area contributed by atoms with E-state index < -0.39 is 9.84 Å². The lowest BCUT2D eigenvalue weighted by molar-refractivity contribution is -0.125. The van der Waals surface area contributed by atoms with E-state index in [0.717, 1.165) is 12.8 Å². The van der Waals surface area contributed by atoms with Crippen LogP contribution in [0.15, 0.2) is 22.8 Å². The molecular weight excluding hydrogens is 290 g/mol. The largest absolute Gasteiger partial charge is 0.329 e. The SMILES string of the molecule is CS(=O)(=O)C1=CCCC(NC(=O)C2CCC(N)C(N)C2)=C1. The molecule has 1 amide bonds. The van der Waals surface area contributed by atoms with Crippen molar-refractivity contribution in [3.05, 3.63) is 22.8 Å². The smallest absolute Gasteiger partial charge is 0.227 e. The number of sulfone groups is 1. The molecule has 0 saturated heterocycles. The van der Waals surface area contributed by atoms with Crippen molar-refractivity contribution in [3.63, 3.8) is 0 Å². The number of allylic oxidation sites excluding steroid dienone is 3. The lowest BCUT2D eigenvalue weighted by atomic mass is 9.82. The summed E-state index contributed by atoms with van der Waals surface area (Å²) in [7, 11) is -3.24. The molecule has 0 aromatic rings. The van der Waals surface area contributed by atoms with E-state index in [1.165, 1.54) is 6.26 Å². The van der Waals surface area contributed by atoms with Crippen molar-refractivity contribution in [2.75, 3.05) is 6.26 Å². The molecule has 0 spiro atoms. The monoisotopic (exact) mass is 313 g/mol. The van der Waals surface area contributed by atoms with E-state index in [9.17, 15) is 13.2 Å². The predicted molar refractivity (Wildman–Crippen MR) is 81.7 cm³/mol. The fraction of sp³-hybridized carbons (Fsp3) is 0.643. The summed E-state index contributed by atoms with van der Waals surface area (Å²) in [6, 6.07) is -0.191. The Balaban J connectivity index is 2.00. The first-order valence-electron chi connectivity index (χ1n) is 7.20. The van der Waals surface area contributed by atoms with Crippen LogP contribution in [0.2, 0.25) is 0 Å². The maximum atomic E-state index is 12.3. The van der Waals surface area contributed by atoms with E-state index in [1.807, 2.05) is 0 Å². The molecule has 3 atom stereocenters. The third kappa shape index (κ3) is 4.15. The van der Waals surface area contributed by atoms with Crippen LogP contribution in [0.5, 0.6) is 0 Å². The summed E-state index contributed by atoms with van der Waals surface area (Å²) < 4.78 is 23.1. The van der Waals surface area contributed by atoms with Gasteiger partial charge in [0, 0.05) is 30.0 Å². The average molecular weight is 313 g/mol. The van der Waals surface area contributed by atoms with E-state index in [1.54, 1.807) is 12.2 Å². The molecule has 6 nitrogen and oxygen atoms in total. The highest BCUT2D eigenvalue weighted by Gasteiger charge is 2.30. The second-order valence-corrected chi connectivity index (χ2v) is 7.93.